The highest BCUT2D eigenvalue weighted by Gasteiger charge is 2.30. The number of nitrogens with zero attached hydrogens (tertiary/aromatic N) is 3. The lowest BCUT2D eigenvalue weighted by atomic mass is 10.1. The molecule has 2 N–H and O–H groups in total. The molecular weight excluding hydrogens is 238 g/mol. The van der Waals surface area contributed by atoms with Crippen LogP contribution in [0.3, 0.4) is 0 Å². The molecule has 102 valence electrons. The summed E-state index contributed by atoms with van der Waals surface area (Å²) in [6.45, 7) is 7.06. The molecule has 1 rings (SSSR count). The van der Waals surface area contributed by atoms with E-state index >= 15 is 0 Å². The van der Waals surface area contributed by atoms with Crippen molar-refractivity contribution in [1.29, 1.82) is 0 Å². The van der Waals surface area contributed by atoms with Gasteiger partial charge in [-0.25, -0.2) is 0 Å². The minimum absolute atomic E-state index is 0.110. The molecule has 2 atom stereocenters. The molecule has 18 heavy (non-hydrogen) atoms. The van der Waals surface area contributed by atoms with Crippen molar-refractivity contribution in [3.05, 3.63) is 21.9 Å². The SMILES string of the molecule is CC(O)CC(O)c1cc([N+](=O)[O-])nn1C(C)(C)C. The van der Waals surface area contributed by atoms with E-state index in [0.717, 1.165) is 0 Å². The quantitative estimate of drug-likeness (QED) is 0.626. The number of aromatic nitrogens is 2. The fraction of sp³-hybridized carbons (Fsp3) is 0.727. The predicted octanol–water partition coefficient (Wildman–Crippen LogP) is 1.35. The molecule has 0 saturated carbocycles. The first kappa shape index (κ1) is 14.6. The molecule has 0 aromatic carbocycles. The molecule has 7 heteroatoms. The van der Waals surface area contributed by atoms with E-state index in [1.54, 1.807) is 6.92 Å². The van der Waals surface area contributed by atoms with Gasteiger partial charge in [0.1, 0.15) is 6.10 Å². The third-order valence-electron chi connectivity index (χ3n) is 2.45. The van der Waals surface area contributed by atoms with Crippen LogP contribution in [0.25, 0.3) is 0 Å². The van der Waals surface area contributed by atoms with Crippen molar-refractivity contribution in [2.75, 3.05) is 0 Å². The van der Waals surface area contributed by atoms with Gasteiger partial charge in [-0.2, -0.15) is 4.68 Å². The van der Waals surface area contributed by atoms with Gasteiger partial charge in [-0.3, -0.25) is 0 Å². The van der Waals surface area contributed by atoms with Crippen LogP contribution in [-0.4, -0.2) is 31.0 Å². The van der Waals surface area contributed by atoms with Gasteiger partial charge >= 0.3 is 5.82 Å². The monoisotopic (exact) mass is 257 g/mol. The van der Waals surface area contributed by atoms with Gasteiger partial charge < -0.3 is 20.3 Å². The molecule has 2 unspecified atom stereocenters. The van der Waals surface area contributed by atoms with Crippen molar-refractivity contribution in [1.82, 2.24) is 9.78 Å². The molecule has 1 aromatic heterocycles. The largest absolute Gasteiger partial charge is 0.393 e. The van der Waals surface area contributed by atoms with Crippen LogP contribution in [0.15, 0.2) is 6.07 Å². The van der Waals surface area contributed by atoms with Crippen molar-refractivity contribution in [3.8, 4) is 0 Å². The zero-order valence-electron chi connectivity index (χ0n) is 11.0. The molecule has 7 nitrogen and oxygen atoms in total. The number of hydrogen-bond acceptors (Lipinski definition) is 5. The van der Waals surface area contributed by atoms with Gasteiger partial charge in [0, 0.05) is 6.42 Å². The summed E-state index contributed by atoms with van der Waals surface area (Å²) in [5, 5.41) is 33.9. The molecule has 1 aromatic rings. The molecule has 0 aliphatic rings. The van der Waals surface area contributed by atoms with Crippen LogP contribution in [0.1, 0.15) is 45.9 Å². The third kappa shape index (κ3) is 3.27. The lowest BCUT2D eigenvalue weighted by Crippen LogP contribution is -2.27. The lowest BCUT2D eigenvalue weighted by molar-refractivity contribution is -0.389. The summed E-state index contributed by atoms with van der Waals surface area (Å²) in [6.07, 6.45) is -1.56. The van der Waals surface area contributed by atoms with Crippen LogP contribution in [0.2, 0.25) is 0 Å². The fourth-order valence-corrected chi connectivity index (χ4v) is 1.69. The van der Waals surface area contributed by atoms with Crippen molar-refractivity contribution >= 4 is 5.82 Å². The number of aliphatic hydroxyl groups excluding tert-OH is 2. The van der Waals surface area contributed by atoms with Gasteiger partial charge in [-0.05, 0) is 32.6 Å². The molecule has 0 amide bonds. The average molecular weight is 257 g/mol. The molecule has 0 bridgehead atoms. The molecule has 0 radical (unpaired) electrons. The van der Waals surface area contributed by atoms with Crippen LogP contribution in [0, 0.1) is 10.1 Å². The second kappa shape index (κ2) is 5.03. The number of hydrogen-bond donors (Lipinski definition) is 2. The first-order chi connectivity index (χ1) is 8.12. The smallest absolute Gasteiger partial charge is 0.390 e. The van der Waals surface area contributed by atoms with Crippen LogP contribution >= 0.6 is 0 Å². The maximum Gasteiger partial charge on any atom is 0.390 e. The third-order valence-corrected chi connectivity index (χ3v) is 2.45. The van der Waals surface area contributed by atoms with E-state index in [-0.39, 0.29) is 12.2 Å². The van der Waals surface area contributed by atoms with E-state index in [0.29, 0.717) is 5.69 Å². The standard InChI is InChI=1S/C11H19N3O4/c1-7(15)5-9(16)8-6-10(14(17)18)12-13(8)11(2,3)4/h6-7,9,15-16H,5H2,1-4H3. The zero-order chi connectivity index (χ0) is 14.1. The van der Waals surface area contributed by atoms with Crippen LogP contribution in [0.5, 0.6) is 0 Å². The minimum Gasteiger partial charge on any atom is -0.393 e. The fourth-order valence-electron chi connectivity index (χ4n) is 1.69. The van der Waals surface area contributed by atoms with Crippen LogP contribution < -0.4 is 0 Å². The van der Waals surface area contributed by atoms with E-state index < -0.39 is 22.7 Å². The van der Waals surface area contributed by atoms with E-state index in [1.165, 1.54) is 10.7 Å². The van der Waals surface area contributed by atoms with E-state index in [9.17, 15) is 20.3 Å². The number of rotatable bonds is 4. The Kier molecular flexibility index (Phi) is 4.08. The second-order valence-corrected chi connectivity index (χ2v) is 5.37. The average Bonchev–Trinajstić information content (AvgIpc) is 2.59. The zero-order valence-corrected chi connectivity index (χ0v) is 11.0. The Morgan fingerprint density at radius 3 is 2.44 bits per heavy atom. The Labute approximate surface area is 105 Å². The molecular formula is C11H19N3O4. The Bertz CT molecular complexity index is 434. The van der Waals surface area contributed by atoms with Crippen molar-refractivity contribution in [2.45, 2.75) is 51.9 Å². The van der Waals surface area contributed by atoms with E-state index in [1.807, 2.05) is 20.8 Å². The Hall–Kier alpha value is -1.47. The van der Waals surface area contributed by atoms with Gasteiger partial charge in [0.05, 0.1) is 28.5 Å². The summed E-state index contributed by atoms with van der Waals surface area (Å²) in [6, 6.07) is 1.25. The van der Waals surface area contributed by atoms with Crippen LogP contribution in [-0.2, 0) is 5.54 Å². The highest BCUT2D eigenvalue weighted by atomic mass is 16.6. The first-order valence-corrected chi connectivity index (χ1v) is 5.74. The summed E-state index contributed by atoms with van der Waals surface area (Å²) in [5.74, 6) is -0.301. The van der Waals surface area contributed by atoms with Crippen molar-refractivity contribution < 1.29 is 15.1 Å². The number of nitro groups is 1. The first-order valence-electron chi connectivity index (χ1n) is 5.74. The van der Waals surface area contributed by atoms with Crippen LogP contribution in [0.4, 0.5) is 5.82 Å². The van der Waals surface area contributed by atoms with Crippen molar-refractivity contribution in [2.24, 2.45) is 0 Å². The second-order valence-electron chi connectivity index (χ2n) is 5.37. The summed E-state index contributed by atoms with van der Waals surface area (Å²) in [4.78, 5) is 10.1. The Morgan fingerprint density at radius 1 is 1.50 bits per heavy atom. The lowest BCUT2D eigenvalue weighted by Gasteiger charge is -2.21. The summed E-state index contributed by atoms with van der Waals surface area (Å²) in [7, 11) is 0. The normalized spacial score (nSPS) is 15.4. The maximum atomic E-state index is 10.7. The molecule has 0 aliphatic heterocycles. The molecule has 0 saturated heterocycles. The molecule has 0 aliphatic carbocycles. The minimum atomic E-state index is -0.981. The van der Waals surface area contributed by atoms with E-state index in [4.69, 9.17) is 0 Å². The van der Waals surface area contributed by atoms with Gasteiger partial charge in [0.2, 0.25) is 0 Å². The molecule has 1 heterocycles. The van der Waals surface area contributed by atoms with Crippen molar-refractivity contribution in [3.63, 3.8) is 0 Å². The predicted molar refractivity (Wildman–Crippen MR) is 65.1 cm³/mol. The molecule has 0 spiro atoms. The number of aliphatic hydroxyl groups is 2. The Morgan fingerprint density at radius 2 is 2.06 bits per heavy atom. The Balaban J connectivity index is 3.19. The highest BCUT2D eigenvalue weighted by Crippen LogP contribution is 2.27. The topological polar surface area (TPSA) is 101 Å². The summed E-state index contributed by atoms with van der Waals surface area (Å²) >= 11 is 0. The van der Waals surface area contributed by atoms with Gasteiger partial charge in [0.15, 0.2) is 0 Å². The van der Waals surface area contributed by atoms with Gasteiger partial charge in [-0.1, -0.05) is 0 Å². The maximum absolute atomic E-state index is 10.7. The van der Waals surface area contributed by atoms with E-state index in [2.05, 4.69) is 5.10 Å². The molecule has 0 fully saturated rings. The van der Waals surface area contributed by atoms with Gasteiger partial charge in [0.25, 0.3) is 0 Å². The summed E-state index contributed by atoms with van der Waals surface area (Å²) < 4.78 is 1.43. The van der Waals surface area contributed by atoms with Gasteiger partial charge in [-0.15, -0.1) is 0 Å². The summed E-state index contributed by atoms with van der Waals surface area (Å²) in [5.41, 5.74) is -0.140. The highest BCUT2D eigenvalue weighted by molar-refractivity contribution is 5.24.